The first-order valence-electron chi connectivity index (χ1n) is 7.92. The average molecular weight is 337 g/mol. The number of nitrogens with zero attached hydrogens (tertiary/aromatic N) is 3. The molecule has 0 bridgehead atoms. The van der Waals surface area contributed by atoms with Crippen molar-refractivity contribution in [2.45, 2.75) is 13.0 Å². The molecule has 128 valence electrons. The Morgan fingerprint density at radius 2 is 1.84 bits per heavy atom. The van der Waals surface area contributed by atoms with Crippen molar-refractivity contribution in [2.75, 3.05) is 19.0 Å². The monoisotopic (exact) mass is 337 g/mol. The summed E-state index contributed by atoms with van der Waals surface area (Å²) in [4.78, 5) is 14.3. The summed E-state index contributed by atoms with van der Waals surface area (Å²) < 4.78 is 11.1. The minimum absolute atomic E-state index is 0.260. The third-order valence-electron chi connectivity index (χ3n) is 3.69. The lowest BCUT2D eigenvalue weighted by Crippen LogP contribution is -2.12. The largest absolute Gasteiger partial charge is 0.449 e. The summed E-state index contributed by atoms with van der Waals surface area (Å²) in [6, 6.07) is 16.7. The normalized spacial score (nSPS) is 11.8. The highest BCUT2D eigenvalue weighted by molar-refractivity contribution is 5.90. The van der Waals surface area contributed by atoms with Crippen LogP contribution in [-0.4, -0.2) is 30.3 Å². The molecule has 6 heteroatoms. The Morgan fingerprint density at radius 1 is 1.08 bits per heavy atom. The van der Waals surface area contributed by atoms with Gasteiger partial charge in [-0.2, -0.15) is 0 Å². The van der Waals surface area contributed by atoms with Crippen molar-refractivity contribution in [2.24, 2.45) is 0 Å². The van der Waals surface area contributed by atoms with E-state index in [0.29, 0.717) is 11.5 Å². The standard InChI is InChI=1S/C19H19N3O3/c1-13(17-20-21-18(25-17)14-8-5-4-6-9-14)24-19(23)15-10-7-11-16(12-15)22(2)3/h4-13H,1-3H3. The summed E-state index contributed by atoms with van der Waals surface area (Å²) >= 11 is 0. The number of aromatic nitrogens is 2. The smallest absolute Gasteiger partial charge is 0.338 e. The van der Waals surface area contributed by atoms with Gasteiger partial charge in [0.25, 0.3) is 5.89 Å². The van der Waals surface area contributed by atoms with Gasteiger partial charge in [-0.3, -0.25) is 0 Å². The van der Waals surface area contributed by atoms with E-state index >= 15 is 0 Å². The van der Waals surface area contributed by atoms with Crippen LogP contribution in [0.3, 0.4) is 0 Å². The molecule has 25 heavy (non-hydrogen) atoms. The van der Waals surface area contributed by atoms with Gasteiger partial charge < -0.3 is 14.1 Å². The molecule has 6 nitrogen and oxygen atoms in total. The van der Waals surface area contributed by atoms with E-state index in [1.807, 2.05) is 61.5 Å². The topological polar surface area (TPSA) is 68.5 Å². The summed E-state index contributed by atoms with van der Waals surface area (Å²) in [5.41, 5.74) is 2.21. The summed E-state index contributed by atoms with van der Waals surface area (Å²) in [5, 5.41) is 7.99. The molecule has 0 N–H and O–H groups in total. The molecule has 0 amide bonds. The number of ether oxygens (including phenoxy) is 1. The Kier molecular flexibility index (Phi) is 4.79. The molecule has 0 saturated heterocycles. The summed E-state index contributed by atoms with van der Waals surface area (Å²) in [6.07, 6.45) is -0.638. The van der Waals surface area contributed by atoms with Gasteiger partial charge in [0.1, 0.15) is 0 Å². The van der Waals surface area contributed by atoms with Crippen LogP contribution in [0.25, 0.3) is 11.5 Å². The van der Waals surface area contributed by atoms with E-state index in [2.05, 4.69) is 10.2 Å². The van der Waals surface area contributed by atoms with Crippen LogP contribution >= 0.6 is 0 Å². The Bertz CT molecular complexity index is 859. The fraction of sp³-hybridized carbons (Fsp3) is 0.211. The molecule has 0 saturated carbocycles. The predicted molar refractivity (Wildman–Crippen MR) is 94.3 cm³/mol. The van der Waals surface area contributed by atoms with E-state index in [1.54, 1.807) is 19.1 Å². The van der Waals surface area contributed by atoms with Crippen LogP contribution < -0.4 is 4.90 Å². The zero-order valence-corrected chi connectivity index (χ0v) is 14.3. The minimum atomic E-state index is -0.638. The Labute approximate surface area is 146 Å². The maximum atomic E-state index is 12.3. The van der Waals surface area contributed by atoms with Gasteiger partial charge in [-0.05, 0) is 37.3 Å². The Hall–Kier alpha value is -3.15. The molecule has 0 spiro atoms. The highest BCUT2D eigenvalue weighted by Crippen LogP contribution is 2.23. The van der Waals surface area contributed by atoms with E-state index in [1.165, 1.54) is 0 Å². The molecule has 3 aromatic rings. The van der Waals surface area contributed by atoms with Crippen molar-refractivity contribution >= 4 is 11.7 Å². The molecule has 0 aliphatic rings. The maximum Gasteiger partial charge on any atom is 0.338 e. The van der Waals surface area contributed by atoms with Crippen LogP contribution in [0.1, 0.15) is 29.3 Å². The summed E-state index contributed by atoms with van der Waals surface area (Å²) in [5.74, 6) is 0.222. The van der Waals surface area contributed by atoms with Gasteiger partial charge in [-0.1, -0.05) is 24.3 Å². The van der Waals surface area contributed by atoms with Crippen molar-refractivity contribution < 1.29 is 13.9 Å². The molecule has 1 atom stereocenters. The highest BCUT2D eigenvalue weighted by atomic mass is 16.6. The van der Waals surface area contributed by atoms with E-state index in [-0.39, 0.29) is 5.89 Å². The van der Waals surface area contributed by atoms with Crippen molar-refractivity contribution in [1.82, 2.24) is 10.2 Å². The van der Waals surface area contributed by atoms with Gasteiger partial charge in [0.15, 0.2) is 6.10 Å². The number of carbonyl (C=O) groups is 1. The first-order chi connectivity index (χ1) is 12.0. The van der Waals surface area contributed by atoms with Crippen LogP contribution in [-0.2, 0) is 4.74 Å². The number of rotatable bonds is 5. The second kappa shape index (κ2) is 7.17. The first kappa shape index (κ1) is 16.7. The van der Waals surface area contributed by atoms with E-state index < -0.39 is 12.1 Å². The van der Waals surface area contributed by atoms with E-state index in [0.717, 1.165) is 11.3 Å². The van der Waals surface area contributed by atoms with Crippen molar-refractivity contribution in [3.63, 3.8) is 0 Å². The molecule has 1 unspecified atom stereocenters. The van der Waals surface area contributed by atoms with Gasteiger partial charge in [0.2, 0.25) is 5.89 Å². The number of hydrogen-bond acceptors (Lipinski definition) is 6. The molecule has 0 aliphatic heterocycles. The van der Waals surface area contributed by atoms with Gasteiger partial charge in [0, 0.05) is 25.3 Å². The van der Waals surface area contributed by atoms with Crippen molar-refractivity contribution in [3.8, 4) is 11.5 Å². The van der Waals surface area contributed by atoms with E-state index in [4.69, 9.17) is 9.15 Å². The molecule has 2 aromatic carbocycles. The van der Waals surface area contributed by atoms with Crippen molar-refractivity contribution in [3.05, 3.63) is 66.1 Å². The second-order valence-electron chi connectivity index (χ2n) is 5.80. The minimum Gasteiger partial charge on any atom is -0.449 e. The third kappa shape index (κ3) is 3.85. The fourth-order valence-corrected chi connectivity index (χ4v) is 2.29. The SMILES string of the molecule is CC(OC(=O)c1cccc(N(C)C)c1)c1nnc(-c2ccccc2)o1. The van der Waals surface area contributed by atoms with Gasteiger partial charge in [-0.25, -0.2) is 4.79 Å². The quantitative estimate of drug-likeness (QED) is 0.661. The molecular formula is C19H19N3O3. The van der Waals surface area contributed by atoms with Crippen LogP contribution in [0.4, 0.5) is 5.69 Å². The van der Waals surface area contributed by atoms with Gasteiger partial charge >= 0.3 is 5.97 Å². The maximum absolute atomic E-state index is 12.3. The number of carbonyl (C=O) groups excluding carboxylic acids is 1. The molecule has 0 aliphatic carbocycles. The zero-order valence-electron chi connectivity index (χ0n) is 14.3. The predicted octanol–water partition coefficient (Wildman–Crippen LogP) is 3.72. The van der Waals surface area contributed by atoms with Crippen LogP contribution in [0, 0.1) is 0 Å². The first-order valence-corrected chi connectivity index (χ1v) is 7.92. The van der Waals surface area contributed by atoms with E-state index in [9.17, 15) is 4.79 Å². The van der Waals surface area contributed by atoms with Crippen LogP contribution in [0.5, 0.6) is 0 Å². The fourth-order valence-electron chi connectivity index (χ4n) is 2.29. The summed E-state index contributed by atoms with van der Waals surface area (Å²) in [6.45, 7) is 1.70. The zero-order chi connectivity index (χ0) is 17.8. The second-order valence-corrected chi connectivity index (χ2v) is 5.80. The summed E-state index contributed by atoms with van der Waals surface area (Å²) in [7, 11) is 3.83. The van der Waals surface area contributed by atoms with Gasteiger partial charge in [-0.15, -0.1) is 10.2 Å². The molecule has 0 radical (unpaired) electrons. The lowest BCUT2D eigenvalue weighted by Gasteiger charge is -2.14. The molecule has 0 fully saturated rings. The number of esters is 1. The Morgan fingerprint density at radius 3 is 2.56 bits per heavy atom. The molecule has 1 heterocycles. The number of hydrogen-bond donors (Lipinski definition) is 0. The molecule has 1 aromatic heterocycles. The molecular weight excluding hydrogens is 318 g/mol. The number of benzene rings is 2. The molecule has 3 rings (SSSR count). The van der Waals surface area contributed by atoms with Crippen LogP contribution in [0.2, 0.25) is 0 Å². The third-order valence-corrected chi connectivity index (χ3v) is 3.69. The lowest BCUT2D eigenvalue weighted by atomic mass is 10.2. The van der Waals surface area contributed by atoms with Crippen molar-refractivity contribution in [1.29, 1.82) is 0 Å². The van der Waals surface area contributed by atoms with Gasteiger partial charge in [0.05, 0.1) is 5.56 Å². The Balaban J connectivity index is 1.72. The highest BCUT2D eigenvalue weighted by Gasteiger charge is 2.20. The average Bonchev–Trinajstić information content (AvgIpc) is 3.13. The number of anilines is 1. The lowest BCUT2D eigenvalue weighted by molar-refractivity contribution is 0.0280. The van der Waals surface area contributed by atoms with Crippen LogP contribution in [0.15, 0.2) is 59.0 Å².